The summed E-state index contributed by atoms with van der Waals surface area (Å²) in [7, 11) is 0. The second-order valence-electron chi connectivity index (χ2n) is 8.18. The van der Waals surface area contributed by atoms with Crippen molar-refractivity contribution in [3.8, 4) is 17.2 Å². The van der Waals surface area contributed by atoms with Crippen molar-refractivity contribution in [2.75, 3.05) is 18.3 Å². The number of aliphatic hydroxyl groups is 1. The Hall–Kier alpha value is -3.78. The average molecular weight is 536 g/mol. The molecule has 8 heteroatoms. The number of halogens is 1. The highest BCUT2D eigenvalue weighted by molar-refractivity contribution is 9.10. The number of carbonyl (C=O) groups is 2. The highest BCUT2D eigenvalue weighted by Crippen LogP contribution is 2.45. The molecule has 0 bridgehead atoms. The number of aryl methyl sites for hydroxylation is 1. The number of anilines is 1. The quantitative estimate of drug-likeness (QED) is 0.263. The van der Waals surface area contributed by atoms with E-state index >= 15 is 0 Å². The van der Waals surface area contributed by atoms with Gasteiger partial charge in [-0.2, -0.15) is 0 Å². The summed E-state index contributed by atoms with van der Waals surface area (Å²) in [6.07, 6.45) is 0. The third kappa shape index (κ3) is 4.04. The number of ether oxygens (including phenoxy) is 3. The molecule has 3 aromatic rings. The first-order valence-corrected chi connectivity index (χ1v) is 11.9. The number of ketones is 1. The molecule has 2 heterocycles. The van der Waals surface area contributed by atoms with Crippen molar-refractivity contribution in [1.82, 2.24) is 0 Å². The lowest BCUT2D eigenvalue weighted by Gasteiger charge is -2.26. The van der Waals surface area contributed by atoms with Gasteiger partial charge in [0.1, 0.15) is 11.5 Å². The van der Waals surface area contributed by atoms with Crippen LogP contribution in [0.5, 0.6) is 17.2 Å². The molecule has 0 aliphatic carbocycles. The summed E-state index contributed by atoms with van der Waals surface area (Å²) in [5.41, 5.74) is 2.41. The third-order valence-corrected chi connectivity index (χ3v) is 6.88. The van der Waals surface area contributed by atoms with Crippen molar-refractivity contribution < 1.29 is 28.9 Å². The maximum absolute atomic E-state index is 13.4. The summed E-state index contributed by atoms with van der Waals surface area (Å²) < 4.78 is 17.4. The number of fused-ring (bicyclic) bond motifs is 1. The van der Waals surface area contributed by atoms with Crippen molar-refractivity contribution >= 4 is 39.1 Å². The molecular formula is C27H22BrNO6. The second-order valence-corrected chi connectivity index (χ2v) is 9.03. The monoisotopic (exact) mass is 535 g/mol. The van der Waals surface area contributed by atoms with E-state index in [0.29, 0.717) is 40.7 Å². The first-order valence-electron chi connectivity index (χ1n) is 11.1. The van der Waals surface area contributed by atoms with E-state index in [0.717, 1.165) is 10.0 Å². The minimum absolute atomic E-state index is 0.00281. The maximum atomic E-state index is 13.4. The van der Waals surface area contributed by atoms with Crippen LogP contribution >= 0.6 is 15.9 Å². The normalized spacial score (nSPS) is 18.3. The smallest absolute Gasteiger partial charge is 0.300 e. The minimum atomic E-state index is -0.875. The van der Waals surface area contributed by atoms with E-state index in [-0.39, 0.29) is 18.1 Å². The molecular weight excluding hydrogens is 514 g/mol. The van der Waals surface area contributed by atoms with Gasteiger partial charge in [-0.3, -0.25) is 14.5 Å². The predicted molar refractivity (Wildman–Crippen MR) is 134 cm³/mol. The van der Waals surface area contributed by atoms with Crippen LogP contribution in [0.3, 0.4) is 0 Å². The van der Waals surface area contributed by atoms with Gasteiger partial charge in [-0.05, 0) is 61.4 Å². The number of Topliss-reactive ketones (excluding diaryl/α,β-unsaturated/α-hetero) is 1. The number of benzene rings is 3. The van der Waals surface area contributed by atoms with E-state index in [1.54, 1.807) is 60.7 Å². The first kappa shape index (κ1) is 23.0. The van der Waals surface area contributed by atoms with E-state index in [1.165, 1.54) is 4.90 Å². The Morgan fingerprint density at radius 1 is 1.09 bits per heavy atom. The molecule has 1 amide bonds. The van der Waals surface area contributed by atoms with E-state index < -0.39 is 17.7 Å². The van der Waals surface area contributed by atoms with E-state index in [9.17, 15) is 14.7 Å². The Morgan fingerprint density at radius 2 is 1.89 bits per heavy atom. The van der Waals surface area contributed by atoms with Gasteiger partial charge in [-0.25, -0.2) is 0 Å². The molecule has 3 aromatic carbocycles. The summed E-state index contributed by atoms with van der Waals surface area (Å²) in [5.74, 6) is -0.117. The summed E-state index contributed by atoms with van der Waals surface area (Å²) in [6, 6.07) is 16.6. The summed E-state index contributed by atoms with van der Waals surface area (Å²) >= 11 is 3.46. The number of carbonyl (C=O) groups excluding carboxylic acids is 2. The van der Waals surface area contributed by atoms with Gasteiger partial charge in [0.15, 0.2) is 11.5 Å². The number of rotatable bonds is 5. The molecule has 5 rings (SSSR count). The molecule has 0 saturated carbocycles. The number of hydrogen-bond acceptors (Lipinski definition) is 6. The third-order valence-electron chi connectivity index (χ3n) is 5.99. The standard InChI is InChI=1S/C27H22BrNO6/c1-3-33-19-6-4-5-16(12-19)24-23(25(30)17-7-9-20(28)15(2)11-17)26(31)27(32)29(24)18-8-10-21-22(13-18)35-14-34-21/h4-13,24,30H,3,14H2,1-2H3/b25-23+. The predicted octanol–water partition coefficient (Wildman–Crippen LogP) is 5.51. The van der Waals surface area contributed by atoms with Crippen LogP contribution in [-0.4, -0.2) is 30.2 Å². The minimum Gasteiger partial charge on any atom is -0.507 e. The maximum Gasteiger partial charge on any atom is 0.300 e. The Balaban J connectivity index is 1.71. The highest BCUT2D eigenvalue weighted by Gasteiger charge is 2.47. The Kier molecular flexibility index (Phi) is 5.98. The lowest BCUT2D eigenvalue weighted by molar-refractivity contribution is -0.132. The van der Waals surface area contributed by atoms with Gasteiger partial charge in [-0.15, -0.1) is 0 Å². The Labute approximate surface area is 210 Å². The molecule has 0 aromatic heterocycles. The van der Waals surface area contributed by atoms with Crippen molar-refractivity contribution in [3.05, 3.63) is 87.4 Å². The molecule has 1 atom stereocenters. The van der Waals surface area contributed by atoms with Crippen LogP contribution in [0.25, 0.3) is 5.76 Å². The second kappa shape index (κ2) is 9.11. The summed E-state index contributed by atoms with van der Waals surface area (Å²) in [6.45, 7) is 4.31. The molecule has 0 spiro atoms. The SMILES string of the molecule is CCOc1cccc(C2/C(=C(\O)c3ccc(Br)c(C)c3)C(=O)C(=O)N2c2ccc3c(c2)OCO3)c1. The van der Waals surface area contributed by atoms with Gasteiger partial charge in [0.25, 0.3) is 11.7 Å². The largest absolute Gasteiger partial charge is 0.507 e. The lowest BCUT2D eigenvalue weighted by atomic mass is 9.94. The number of amides is 1. The van der Waals surface area contributed by atoms with Crippen LogP contribution in [0.1, 0.15) is 29.7 Å². The van der Waals surface area contributed by atoms with Crippen molar-refractivity contribution in [1.29, 1.82) is 0 Å². The van der Waals surface area contributed by atoms with E-state index in [1.807, 2.05) is 13.8 Å². The first-order chi connectivity index (χ1) is 16.9. The van der Waals surface area contributed by atoms with Crippen LogP contribution in [-0.2, 0) is 9.59 Å². The van der Waals surface area contributed by atoms with Gasteiger partial charge >= 0.3 is 0 Å². The van der Waals surface area contributed by atoms with Crippen LogP contribution < -0.4 is 19.1 Å². The van der Waals surface area contributed by atoms with E-state index in [2.05, 4.69) is 15.9 Å². The summed E-state index contributed by atoms with van der Waals surface area (Å²) in [4.78, 5) is 28.1. The molecule has 1 unspecified atom stereocenters. The molecule has 1 saturated heterocycles. The van der Waals surface area contributed by atoms with Gasteiger partial charge < -0.3 is 19.3 Å². The molecule has 7 nitrogen and oxygen atoms in total. The number of hydrogen-bond donors (Lipinski definition) is 1. The van der Waals surface area contributed by atoms with Crippen molar-refractivity contribution in [3.63, 3.8) is 0 Å². The lowest BCUT2D eigenvalue weighted by Crippen LogP contribution is -2.29. The zero-order chi connectivity index (χ0) is 24.7. The fourth-order valence-corrected chi connectivity index (χ4v) is 4.58. The molecule has 1 fully saturated rings. The highest BCUT2D eigenvalue weighted by atomic mass is 79.9. The molecule has 178 valence electrons. The zero-order valence-corrected chi connectivity index (χ0v) is 20.7. The fourth-order valence-electron chi connectivity index (χ4n) is 4.34. The van der Waals surface area contributed by atoms with Crippen LogP contribution in [0.15, 0.2) is 70.7 Å². The van der Waals surface area contributed by atoms with Crippen LogP contribution in [0.4, 0.5) is 5.69 Å². The Morgan fingerprint density at radius 3 is 2.66 bits per heavy atom. The van der Waals surface area contributed by atoms with Gasteiger partial charge in [0.05, 0.1) is 18.2 Å². The number of aliphatic hydroxyl groups excluding tert-OH is 1. The molecule has 0 radical (unpaired) electrons. The summed E-state index contributed by atoms with van der Waals surface area (Å²) in [5, 5.41) is 11.3. The zero-order valence-electron chi connectivity index (χ0n) is 19.1. The molecule has 2 aliphatic rings. The van der Waals surface area contributed by atoms with E-state index in [4.69, 9.17) is 14.2 Å². The Bertz CT molecular complexity index is 1380. The molecule has 35 heavy (non-hydrogen) atoms. The topological polar surface area (TPSA) is 85.3 Å². The van der Waals surface area contributed by atoms with Gasteiger partial charge in [-0.1, -0.05) is 34.1 Å². The van der Waals surface area contributed by atoms with Gasteiger partial charge in [0.2, 0.25) is 6.79 Å². The molecule has 2 aliphatic heterocycles. The van der Waals surface area contributed by atoms with Crippen molar-refractivity contribution in [2.24, 2.45) is 0 Å². The average Bonchev–Trinajstić information content (AvgIpc) is 3.42. The number of nitrogens with zero attached hydrogens (tertiary/aromatic N) is 1. The van der Waals surface area contributed by atoms with Gasteiger partial charge in [0, 0.05) is 21.8 Å². The molecule has 1 N–H and O–H groups in total. The fraction of sp³-hybridized carbons (Fsp3) is 0.185. The van der Waals surface area contributed by atoms with Crippen LogP contribution in [0.2, 0.25) is 0 Å². The van der Waals surface area contributed by atoms with Crippen LogP contribution in [0, 0.1) is 6.92 Å². The van der Waals surface area contributed by atoms with Crippen molar-refractivity contribution in [2.45, 2.75) is 19.9 Å².